The van der Waals surface area contributed by atoms with Crippen molar-refractivity contribution in [1.29, 1.82) is 0 Å². The Hall–Kier alpha value is -1.28. The summed E-state index contributed by atoms with van der Waals surface area (Å²) in [6.07, 6.45) is 1.39. The summed E-state index contributed by atoms with van der Waals surface area (Å²) in [5.41, 5.74) is -1.35. The number of nitrogens with zero attached hydrogens (tertiary/aromatic N) is 4. The quantitative estimate of drug-likeness (QED) is 0.148. The van der Waals surface area contributed by atoms with Crippen LogP contribution in [0.1, 0.15) is 62.8 Å². The Bertz CT molecular complexity index is 1180. The summed E-state index contributed by atoms with van der Waals surface area (Å²) in [6.45, 7) is 8.00. The molecule has 0 N–H and O–H groups in total. The fourth-order valence-corrected chi connectivity index (χ4v) is 5.36. The van der Waals surface area contributed by atoms with Gasteiger partial charge >= 0.3 is 57.8 Å². The van der Waals surface area contributed by atoms with Crippen molar-refractivity contribution in [1.82, 2.24) is 20.4 Å². The van der Waals surface area contributed by atoms with E-state index < -0.39 is 23.7 Å². The summed E-state index contributed by atoms with van der Waals surface area (Å²) in [5.74, 6) is 0. The van der Waals surface area contributed by atoms with Gasteiger partial charge in [0.05, 0.1) is 10.6 Å². The van der Waals surface area contributed by atoms with Crippen LogP contribution in [0, 0.1) is 0 Å². The van der Waals surface area contributed by atoms with Crippen LogP contribution in [-0.2, 0) is 31.3 Å². The molecule has 0 aromatic carbocycles. The monoisotopic (exact) mass is 810 g/mol. The summed E-state index contributed by atoms with van der Waals surface area (Å²) < 4.78 is 92.6. The Morgan fingerprint density at radius 2 is 0.980 bits per heavy atom. The van der Waals surface area contributed by atoms with Crippen LogP contribution in [0.25, 0.3) is 21.1 Å². The Labute approximate surface area is 327 Å². The Kier molecular flexibility index (Phi) is 22.2. The van der Waals surface area contributed by atoms with Gasteiger partial charge in [-0.15, -0.1) is 28.4 Å². The second-order valence-corrected chi connectivity index (χ2v) is 12.4. The maximum absolute atomic E-state index is 12.1. The molecule has 268 valence electrons. The summed E-state index contributed by atoms with van der Waals surface area (Å²) in [6, 6.07) is 8.81. The zero-order chi connectivity index (χ0) is 34.5. The van der Waals surface area contributed by atoms with Crippen molar-refractivity contribution in [2.45, 2.75) is 63.7 Å². The minimum Gasteiger partial charge on any atom is -0.574 e. The van der Waals surface area contributed by atoms with Crippen LogP contribution < -0.4 is 10.2 Å². The fourth-order valence-electron chi connectivity index (χ4n) is 4.00. The third-order valence-corrected chi connectivity index (χ3v) is 8.30. The second-order valence-electron chi connectivity index (χ2n) is 10.5. The molecule has 17 heteroatoms. The predicted octanol–water partition coefficient (Wildman–Crippen LogP) is 8.38. The molecular formula is C32H40F6N4O4S2Sr. The molecule has 0 spiro atoms. The van der Waals surface area contributed by atoms with Gasteiger partial charge in [0, 0.05) is 57.7 Å². The number of hydrogen-bond acceptors (Lipinski definition) is 8. The van der Waals surface area contributed by atoms with Crippen LogP contribution in [0.3, 0.4) is 0 Å². The van der Waals surface area contributed by atoms with Gasteiger partial charge in [0.2, 0.25) is 0 Å². The number of ether oxygens (including phenoxy) is 4. The summed E-state index contributed by atoms with van der Waals surface area (Å²) in [4.78, 5) is 1.38. The molecule has 4 aliphatic rings. The average molecular weight is 810 g/mol. The van der Waals surface area contributed by atoms with Gasteiger partial charge in [-0.2, -0.15) is 26.3 Å². The molecule has 49 heavy (non-hydrogen) atoms. The van der Waals surface area contributed by atoms with Crippen molar-refractivity contribution < 1.29 is 45.3 Å². The van der Waals surface area contributed by atoms with E-state index in [0.29, 0.717) is 9.75 Å². The standard InChI is InChI=1S/2C8H4F3N2S.4C4H8O.Sr/c2*9-8(10,11)7-4-5(12-13-7)6-2-1-3-14-6;4*1-2-4-5-3-1;/h2*1-4H;4*1-4H2;/q2*-1;;;;;+2. The third-order valence-electron chi connectivity index (χ3n) is 6.52. The fraction of sp³-hybridized carbons (Fsp3) is 0.562. The Morgan fingerprint density at radius 1 is 0.551 bits per heavy atom. The summed E-state index contributed by atoms with van der Waals surface area (Å²) >= 11 is 2.66. The first kappa shape index (κ1) is 43.9. The molecule has 0 bridgehead atoms. The minimum absolute atomic E-state index is 0. The molecule has 0 unspecified atom stereocenters. The SMILES string of the molecule is C1CCOC1.C1CCOC1.C1CCOC1.C1CCOC1.FC(F)(F)c1cc(-c2cccs2)[n-]n1.FC(F)(F)c1cc(-c2cccs2)n[n-]1.[Sr+2]. The van der Waals surface area contributed by atoms with E-state index in [1.54, 1.807) is 35.0 Å². The maximum Gasteiger partial charge on any atom is 2.00 e. The van der Waals surface area contributed by atoms with Crippen LogP contribution in [-0.4, -0.2) is 109 Å². The van der Waals surface area contributed by atoms with Crippen molar-refractivity contribution in [2.24, 2.45) is 0 Å². The first-order valence-corrected chi connectivity index (χ1v) is 17.4. The van der Waals surface area contributed by atoms with Crippen molar-refractivity contribution in [3.63, 3.8) is 0 Å². The zero-order valence-electron chi connectivity index (χ0n) is 27.1. The first-order chi connectivity index (χ1) is 23.1. The molecule has 4 fully saturated rings. The van der Waals surface area contributed by atoms with Gasteiger partial charge < -0.3 is 39.3 Å². The van der Waals surface area contributed by atoms with E-state index in [2.05, 4.69) is 20.4 Å². The molecule has 4 aromatic rings. The molecule has 0 atom stereocenters. The molecule has 0 radical (unpaired) electrons. The van der Waals surface area contributed by atoms with E-state index in [4.69, 9.17) is 18.9 Å². The van der Waals surface area contributed by atoms with E-state index >= 15 is 0 Å². The number of thiophene rings is 2. The topological polar surface area (TPSA) is 90.9 Å². The zero-order valence-corrected chi connectivity index (χ0v) is 32.3. The molecule has 8 rings (SSSR count). The van der Waals surface area contributed by atoms with Gasteiger partial charge in [0.15, 0.2) is 0 Å². The third kappa shape index (κ3) is 18.7. The molecule has 0 amide bonds. The van der Waals surface area contributed by atoms with E-state index in [0.717, 1.165) is 65.0 Å². The van der Waals surface area contributed by atoms with Crippen molar-refractivity contribution >= 4 is 68.2 Å². The van der Waals surface area contributed by atoms with E-state index in [9.17, 15) is 26.3 Å². The van der Waals surface area contributed by atoms with Crippen molar-refractivity contribution in [3.8, 4) is 21.1 Å². The maximum atomic E-state index is 12.1. The minimum atomic E-state index is -4.41. The molecule has 8 nitrogen and oxygen atoms in total. The summed E-state index contributed by atoms with van der Waals surface area (Å²) in [5, 5.41) is 16.6. The van der Waals surface area contributed by atoms with E-state index in [-0.39, 0.29) is 56.9 Å². The van der Waals surface area contributed by atoms with Crippen LogP contribution in [0.15, 0.2) is 47.2 Å². The Morgan fingerprint density at radius 3 is 1.27 bits per heavy atom. The molecule has 4 aromatic heterocycles. The van der Waals surface area contributed by atoms with Crippen LogP contribution in [0.5, 0.6) is 0 Å². The Balaban J connectivity index is 0.000000219. The van der Waals surface area contributed by atoms with Crippen LogP contribution in [0.4, 0.5) is 26.3 Å². The number of aromatic nitrogens is 4. The first-order valence-electron chi connectivity index (χ1n) is 15.7. The predicted molar refractivity (Wildman–Crippen MR) is 178 cm³/mol. The number of hydrogen-bond donors (Lipinski definition) is 0. The molecule has 4 aliphatic heterocycles. The van der Waals surface area contributed by atoms with Crippen molar-refractivity contribution in [3.05, 3.63) is 58.5 Å². The van der Waals surface area contributed by atoms with Gasteiger partial charge in [-0.3, -0.25) is 0 Å². The van der Waals surface area contributed by atoms with E-state index in [1.165, 1.54) is 74.0 Å². The number of halogens is 6. The molecular weight excluding hydrogens is 770 g/mol. The normalized spacial score (nSPS) is 16.6. The van der Waals surface area contributed by atoms with Crippen LogP contribution >= 0.6 is 22.7 Å². The van der Waals surface area contributed by atoms with Gasteiger partial charge in [-0.25, -0.2) is 0 Å². The molecule has 0 saturated carbocycles. The number of alkyl halides is 6. The summed E-state index contributed by atoms with van der Waals surface area (Å²) in [7, 11) is 0. The van der Waals surface area contributed by atoms with Crippen LogP contribution in [0.2, 0.25) is 0 Å². The van der Waals surface area contributed by atoms with Gasteiger partial charge in [-0.1, -0.05) is 12.1 Å². The number of rotatable bonds is 2. The van der Waals surface area contributed by atoms with Crippen molar-refractivity contribution in [2.75, 3.05) is 52.9 Å². The van der Waals surface area contributed by atoms with Gasteiger partial charge in [0.1, 0.15) is 5.69 Å². The molecule has 8 heterocycles. The second kappa shape index (κ2) is 24.8. The molecule has 4 saturated heterocycles. The van der Waals surface area contributed by atoms with Gasteiger partial charge in [0.25, 0.3) is 0 Å². The average Bonchev–Trinajstić information content (AvgIpc) is 3.95. The smallest absolute Gasteiger partial charge is 0.574 e. The largest absolute Gasteiger partial charge is 2.00 e. The molecule has 0 aliphatic carbocycles. The van der Waals surface area contributed by atoms with E-state index in [1.807, 2.05) is 0 Å². The van der Waals surface area contributed by atoms with Gasteiger partial charge in [-0.05, 0) is 92.1 Å².